The molecule has 0 aromatic heterocycles. The fraction of sp³-hybridized carbons (Fsp3) is 0.429. The topological polar surface area (TPSA) is 75.6 Å². The fourth-order valence-corrected chi connectivity index (χ4v) is 1.46. The first-order valence-corrected chi connectivity index (χ1v) is 6.20. The van der Waals surface area contributed by atoms with Crippen LogP contribution in [-0.2, 0) is 9.59 Å². The normalized spacial score (nSPS) is 10.3. The Bertz CT molecular complexity index is 426. The van der Waals surface area contributed by atoms with Crippen LogP contribution >= 0.6 is 0 Å². The molecule has 2 N–H and O–H groups in total. The van der Waals surface area contributed by atoms with Gasteiger partial charge in [-0.15, -0.1) is 0 Å². The minimum atomic E-state index is -0.939. The molecule has 0 spiro atoms. The number of hydrogen-bond acceptors (Lipinski definition) is 3. The van der Waals surface area contributed by atoms with E-state index in [0.29, 0.717) is 11.7 Å². The maximum Gasteiger partial charge on any atom is 0.305 e. The molecule has 0 heterocycles. The summed E-state index contributed by atoms with van der Waals surface area (Å²) >= 11 is 0. The summed E-state index contributed by atoms with van der Waals surface area (Å²) in [5.74, 6) is -0.189. The molecular formula is C14H19NO4. The van der Waals surface area contributed by atoms with Gasteiger partial charge in [0.25, 0.3) is 5.91 Å². The largest absolute Gasteiger partial charge is 0.484 e. The van der Waals surface area contributed by atoms with Gasteiger partial charge in [0.15, 0.2) is 6.61 Å². The van der Waals surface area contributed by atoms with Crippen LogP contribution in [0.5, 0.6) is 5.75 Å². The van der Waals surface area contributed by atoms with Crippen LogP contribution in [0, 0.1) is 0 Å². The summed E-state index contributed by atoms with van der Waals surface area (Å²) in [6.07, 6.45) is -0.0885. The fourth-order valence-electron chi connectivity index (χ4n) is 1.46. The van der Waals surface area contributed by atoms with E-state index in [2.05, 4.69) is 19.2 Å². The Hall–Kier alpha value is -2.04. The minimum Gasteiger partial charge on any atom is -0.484 e. The monoisotopic (exact) mass is 265 g/mol. The van der Waals surface area contributed by atoms with Gasteiger partial charge in [0.2, 0.25) is 0 Å². The van der Waals surface area contributed by atoms with Gasteiger partial charge in [-0.1, -0.05) is 26.0 Å². The number of carbonyl (C=O) groups excluding carboxylic acids is 1. The molecule has 0 bridgehead atoms. The van der Waals surface area contributed by atoms with Gasteiger partial charge in [0.05, 0.1) is 6.42 Å². The molecule has 1 rings (SSSR count). The molecule has 5 nitrogen and oxygen atoms in total. The van der Waals surface area contributed by atoms with Crippen molar-refractivity contribution in [3.63, 3.8) is 0 Å². The Kier molecular flexibility index (Phi) is 5.85. The van der Waals surface area contributed by atoms with E-state index in [4.69, 9.17) is 9.84 Å². The van der Waals surface area contributed by atoms with Crippen LogP contribution < -0.4 is 10.1 Å². The molecule has 0 aliphatic carbocycles. The first kappa shape index (κ1) is 15.0. The van der Waals surface area contributed by atoms with Crippen molar-refractivity contribution in [2.45, 2.75) is 26.2 Å². The van der Waals surface area contributed by atoms with E-state index in [-0.39, 0.29) is 25.5 Å². The quantitative estimate of drug-likeness (QED) is 0.788. The average Bonchev–Trinajstić information content (AvgIpc) is 2.36. The second kappa shape index (κ2) is 7.41. The molecule has 0 saturated carbocycles. The SMILES string of the molecule is CC(C)c1ccc(OCC(=O)NCCC(=O)O)cc1. The summed E-state index contributed by atoms with van der Waals surface area (Å²) in [6, 6.07) is 7.56. The first-order valence-electron chi connectivity index (χ1n) is 6.20. The number of nitrogens with one attached hydrogen (secondary N) is 1. The molecule has 0 saturated heterocycles. The lowest BCUT2D eigenvalue weighted by atomic mass is 10.0. The van der Waals surface area contributed by atoms with E-state index in [1.807, 2.05) is 24.3 Å². The van der Waals surface area contributed by atoms with Crippen molar-refractivity contribution >= 4 is 11.9 Å². The molecule has 0 fully saturated rings. The van der Waals surface area contributed by atoms with E-state index in [1.54, 1.807) is 0 Å². The lowest BCUT2D eigenvalue weighted by molar-refractivity contribution is -0.137. The standard InChI is InChI=1S/C14H19NO4/c1-10(2)11-3-5-12(6-4-11)19-9-13(16)15-8-7-14(17)18/h3-6,10H,7-9H2,1-2H3,(H,15,16)(H,17,18). The van der Waals surface area contributed by atoms with Gasteiger partial charge in [0, 0.05) is 6.54 Å². The molecule has 0 atom stereocenters. The molecule has 1 aromatic carbocycles. The van der Waals surface area contributed by atoms with Gasteiger partial charge in [-0.3, -0.25) is 9.59 Å². The lowest BCUT2D eigenvalue weighted by Crippen LogP contribution is -2.30. The van der Waals surface area contributed by atoms with Gasteiger partial charge in [-0.25, -0.2) is 0 Å². The summed E-state index contributed by atoms with van der Waals surface area (Å²) in [7, 11) is 0. The van der Waals surface area contributed by atoms with Crippen LogP contribution in [0.1, 0.15) is 31.7 Å². The molecular weight excluding hydrogens is 246 g/mol. The molecule has 0 unspecified atom stereocenters. The summed E-state index contributed by atoms with van der Waals surface area (Å²) in [4.78, 5) is 21.6. The van der Waals surface area contributed by atoms with Crippen molar-refractivity contribution in [2.75, 3.05) is 13.2 Å². The van der Waals surface area contributed by atoms with Gasteiger partial charge >= 0.3 is 5.97 Å². The number of carbonyl (C=O) groups is 2. The van der Waals surface area contributed by atoms with Crippen LogP contribution in [0.15, 0.2) is 24.3 Å². The highest BCUT2D eigenvalue weighted by atomic mass is 16.5. The Morgan fingerprint density at radius 2 is 1.89 bits per heavy atom. The Morgan fingerprint density at radius 1 is 1.26 bits per heavy atom. The minimum absolute atomic E-state index is 0.0885. The number of rotatable bonds is 7. The van der Waals surface area contributed by atoms with Gasteiger partial charge in [0.1, 0.15) is 5.75 Å². The van der Waals surface area contributed by atoms with Crippen molar-refractivity contribution in [3.05, 3.63) is 29.8 Å². The molecule has 104 valence electrons. The summed E-state index contributed by atoms with van der Waals surface area (Å²) in [5.41, 5.74) is 1.21. The van der Waals surface area contributed by atoms with Gasteiger partial charge < -0.3 is 15.2 Å². The van der Waals surface area contributed by atoms with Crippen molar-refractivity contribution in [3.8, 4) is 5.75 Å². The summed E-state index contributed by atoms with van der Waals surface area (Å²) in [5, 5.41) is 10.9. The predicted octanol–water partition coefficient (Wildman–Crippen LogP) is 1.78. The highest BCUT2D eigenvalue weighted by molar-refractivity contribution is 5.78. The van der Waals surface area contributed by atoms with E-state index < -0.39 is 5.97 Å². The number of hydrogen-bond donors (Lipinski definition) is 2. The van der Waals surface area contributed by atoms with Crippen LogP contribution in [0.2, 0.25) is 0 Å². The number of aliphatic carboxylic acids is 1. The molecule has 0 radical (unpaired) electrons. The maximum absolute atomic E-state index is 11.3. The molecule has 0 aliphatic heterocycles. The molecule has 1 aromatic rings. The maximum atomic E-state index is 11.3. The zero-order valence-corrected chi connectivity index (χ0v) is 11.2. The van der Waals surface area contributed by atoms with Crippen molar-refractivity contribution < 1.29 is 19.4 Å². The Labute approximate surface area is 112 Å². The highest BCUT2D eigenvalue weighted by Gasteiger charge is 2.04. The van der Waals surface area contributed by atoms with Crippen molar-refractivity contribution in [2.24, 2.45) is 0 Å². The van der Waals surface area contributed by atoms with E-state index in [1.165, 1.54) is 5.56 Å². The van der Waals surface area contributed by atoms with E-state index in [9.17, 15) is 9.59 Å². The second-order valence-electron chi connectivity index (χ2n) is 4.51. The number of amides is 1. The van der Waals surface area contributed by atoms with Crippen molar-refractivity contribution in [1.29, 1.82) is 0 Å². The average molecular weight is 265 g/mol. The lowest BCUT2D eigenvalue weighted by Gasteiger charge is -2.09. The summed E-state index contributed by atoms with van der Waals surface area (Å²) < 4.78 is 5.30. The van der Waals surface area contributed by atoms with Crippen LogP contribution in [-0.4, -0.2) is 30.1 Å². The van der Waals surface area contributed by atoms with Crippen molar-refractivity contribution in [1.82, 2.24) is 5.32 Å². The molecule has 0 aliphatic rings. The predicted molar refractivity (Wildman–Crippen MR) is 71.3 cm³/mol. The van der Waals surface area contributed by atoms with Gasteiger partial charge in [-0.2, -0.15) is 0 Å². The third-order valence-corrected chi connectivity index (χ3v) is 2.58. The third kappa shape index (κ3) is 5.90. The van der Waals surface area contributed by atoms with E-state index >= 15 is 0 Å². The molecule has 1 amide bonds. The Morgan fingerprint density at radius 3 is 2.42 bits per heavy atom. The number of benzene rings is 1. The highest BCUT2D eigenvalue weighted by Crippen LogP contribution is 2.18. The third-order valence-electron chi connectivity index (χ3n) is 2.58. The number of carboxylic acids is 1. The van der Waals surface area contributed by atoms with Crippen LogP contribution in [0.4, 0.5) is 0 Å². The first-order chi connectivity index (χ1) is 8.99. The molecule has 19 heavy (non-hydrogen) atoms. The summed E-state index contributed by atoms with van der Waals surface area (Å²) in [6.45, 7) is 4.21. The molecule has 5 heteroatoms. The zero-order chi connectivity index (χ0) is 14.3. The van der Waals surface area contributed by atoms with Gasteiger partial charge in [-0.05, 0) is 23.6 Å². The van der Waals surface area contributed by atoms with Crippen LogP contribution in [0.3, 0.4) is 0 Å². The smallest absolute Gasteiger partial charge is 0.305 e. The number of carboxylic acid groups (broad SMARTS) is 1. The zero-order valence-electron chi connectivity index (χ0n) is 11.2. The van der Waals surface area contributed by atoms with Crippen LogP contribution in [0.25, 0.3) is 0 Å². The number of ether oxygens (including phenoxy) is 1. The Balaban J connectivity index is 2.31. The second-order valence-corrected chi connectivity index (χ2v) is 4.51. The van der Waals surface area contributed by atoms with E-state index in [0.717, 1.165) is 0 Å².